The van der Waals surface area contributed by atoms with Crippen LogP contribution >= 0.6 is 0 Å². The van der Waals surface area contributed by atoms with Crippen LogP contribution in [0.5, 0.6) is 11.5 Å². The molecule has 1 atom stereocenters. The first-order chi connectivity index (χ1) is 6.81. The van der Waals surface area contributed by atoms with Crippen LogP contribution in [-0.2, 0) is 0 Å². The van der Waals surface area contributed by atoms with Crippen LogP contribution < -0.4 is 10.1 Å². The van der Waals surface area contributed by atoms with Crippen LogP contribution in [0.1, 0.15) is 17.9 Å². The van der Waals surface area contributed by atoms with Crippen LogP contribution in [0.4, 0.5) is 0 Å². The minimum atomic E-state index is 0.233. The van der Waals surface area contributed by atoms with Crippen molar-refractivity contribution in [2.75, 3.05) is 20.2 Å². The van der Waals surface area contributed by atoms with Gasteiger partial charge in [0.2, 0.25) is 0 Å². The van der Waals surface area contributed by atoms with E-state index in [1.807, 2.05) is 12.1 Å². The number of methoxy groups -OCH3 is 1. The summed E-state index contributed by atoms with van der Waals surface area (Å²) in [7, 11) is 1.56. The summed E-state index contributed by atoms with van der Waals surface area (Å²) in [6, 6.07) is 5.65. The van der Waals surface area contributed by atoms with E-state index in [9.17, 15) is 5.11 Å². The van der Waals surface area contributed by atoms with Crippen LogP contribution in [0.25, 0.3) is 0 Å². The van der Waals surface area contributed by atoms with Gasteiger partial charge in [-0.1, -0.05) is 6.07 Å². The molecule has 2 N–H and O–H groups in total. The predicted molar refractivity (Wildman–Crippen MR) is 54.9 cm³/mol. The molecule has 0 unspecified atom stereocenters. The Morgan fingerprint density at radius 2 is 2.36 bits per heavy atom. The molecule has 1 fully saturated rings. The average molecular weight is 193 g/mol. The van der Waals surface area contributed by atoms with Crippen molar-refractivity contribution in [3.8, 4) is 11.5 Å². The number of ether oxygens (including phenoxy) is 1. The molecule has 3 nitrogen and oxygen atoms in total. The predicted octanol–water partition coefficient (Wildman–Crippen LogP) is 1.48. The summed E-state index contributed by atoms with van der Waals surface area (Å²) in [5, 5.41) is 12.9. The molecule has 1 aromatic carbocycles. The molecule has 76 valence electrons. The highest BCUT2D eigenvalue weighted by Gasteiger charge is 2.17. The molecule has 0 amide bonds. The topological polar surface area (TPSA) is 41.5 Å². The van der Waals surface area contributed by atoms with Gasteiger partial charge in [-0.05, 0) is 36.6 Å². The van der Waals surface area contributed by atoms with Crippen LogP contribution in [0.15, 0.2) is 18.2 Å². The largest absolute Gasteiger partial charge is 0.504 e. The number of phenolic OH excluding ortho intramolecular Hbond substituents is 1. The molecule has 0 saturated carbocycles. The van der Waals surface area contributed by atoms with E-state index in [0.29, 0.717) is 11.7 Å². The maximum absolute atomic E-state index is 9.61. The van der Waals surface area contributed by atoms with Gasteiger partial charge in [0, 0.05) is 6.54 Å². The smallest absolute Gasteiger partial charge is 0.160 e. The fourth-order valence-corrected chi connectivity index (χ4v) is 1.90. The zero-order chi connectivity index (χ0) is 9.97. The maximum atomic E-state index is 9.61. The number of hydrogen-bond acceptors (Lipinski definition) is 3. The molecular formula is C11H15NO2. The Hall–Kier alpha value is -1.22. The summed E-state index contributed by atoms with van der Waals surface area (Å²) in [5.74, 6) is 1.31. The van der Waals surface area contributed by atoms with E-state index in [1.165, 1.54) is 5.56 Å². The van der Waals surface area contributed by atoms with Crippen molar-refractivity contribution in [3.63, 3.8) is 0 Å². The number of benzene rings is 1. The molecule has 1 aliphatic rings. The van der Waals surface area contributed by atoms with Gasteiger partial charge < -0.3 is 15.2 Å². The van der Waals surface area contributed by atoms with Gasteiger partial charge in [0.05, 0.1) is 7.11 Å². The molecule has 1 heterocycles. The van der Waals surface area contributed by atoms with E-state index in [-0.39, 0.29) is 5.75 Å². The zero-order valence-electron chi connectivity index (χ0n) is 8.29. The average Bonchev–Trinajstić information content (AvgIpc) is 2.70. The van der Waals surface area contributed by atoms with Gasteiger partial charge in [-0.3, -0.25) is 0 Å². The molecule has 0 radical (unpaired) electrons. The highest BCUT2D eigenvalue weighted by atomic mass is 16.5. The molecule has 1 saturated heterocycles. The minimum absolute atomic E-state index is 0.233. The number of nitrogens with one attached hydrogen (secondary N) is 1. The van der Waals surface area contributed by atoms with Gasteiger partial charge in [0.25, 0.3) is 0 Å². The highest BCUT2D eigenvalue weighted by molar-refractivity contribution is 5.43. The lowest BCUT2D eigenvalue weighted by atomic mass is 9.98. The van der Waals surface area contributed by atoms with Gasteiger partial charge in [-0.25, -0.2) is 0 Å². The van der Waals surface area contributed by atoms with Crippen molar-refractivity contribution >= 4 is 0 Å². The van der Waals surface area contributed by atoms with Crippen molar-refractivity contribution in [1.29, 1.82) is 0 Å². The van der Waals surface area contributed by atoms with E-state index in [1.54, 1.807) is 13.2 Å². The number of aromatic hydroxyl groups is 1. The quantitative estimate of drug-likeness (QED) is 0.747. The molecule has 0 aromatic heterocycles. The highest BCUT2D eigenvalue weighted by Crippen LogP contribution is 2.31. The Labute approximate surface area is 83.7 Å². The Morgan fingerprint density at radius 3 is 2.93 bits per heavy atom. The molecule has 0 aliphatic carbocycles. The van der Waals surface area contributed by atoms with Crippen LogP contribution in [-0.4, -0.2) is 25.3 Å². The first-order valence-electron chi connectivity index (χ1n) is 4.89. The number of phenols is 1. The Kier molecular flexibility index (Phi) is 2.59. The lowest BCUT2D eigenvalue weighted by molar-refractivity contribution is 0.373. The number of rotatable bonds is 2. The molecule has 1 aromatic rings. The Balaban J connectivity index is 2.23. The SMILES string of the molecule is COc1ccc([C@@H]2CCNC2)cc1O. The maximum Gasteiger partial charge on any atom is 0.160 e. The molecule has 2 rings (SSSR count). The Morgan fingerprint density at radius 1 is 1.50 bits per heavy atom. The monoisotopic (exact) mass is 193 g/mol. The van der Waals surface area contributed by atoms with Crippen molar-refractivity contribution in [2.24, 2.45) is 0 Å². The van der Waals surface area contributed by atoms with Crippen LogP contribution in [0.3, 0.4) is 0 Å². The standard InChI is InChI=1S/C11H15NO2/c1-14-11-3-2-8(6-10(11)13)9-4-5-12-7-9/h2-3,6,9,12-13H,4-5,7H2,1H3/t9-/m1/s1. The van der Waals surface area contributed by atoms with Crippen molar-refractivity contribution < 1.29 is 9.84 Å². The van der Waals surface area contributed by atoms with Gasteiger partial charge in [-0.15, -0.1) is 0 Å². The second kappa shape index (κ2) is 3.88. The second-order valence-corrected chi connectivity index (χ2v) is 3.62. The fraction of sp³-hybridized carbons (Fsp3) is 0.455. The number of hydrogen-bond donors (Lipinski definition) is 2. The molecule has 3 heteroatoms. The molecule has 14 heavy (non-hydrogen) atoms. The zero-order valence-corrected chi connectivity index (χ0v) is 8.29. The second-order valence-electron chi connectivity index (χ2n) is 3.62. The molecule has 0 bridgehead atoms. The van der Waals surface area contributed by atoms with Gasteiger partial charge in [0.1, 0.15) is 0 Å². The molecule has 0 spiro atoms. The summed E-state index contributed by atoms with van der Waals surface area (Å²) in [4.78, 5) is 0. The van der Waals surface area contributed by atoms with E-state index in [4.69, 9.17) is 4.74 Å². The fourth-order valence-electron chi connectivity index (χ4n) is 1.90. The molecular weight excluding hydrogens is 178 g/mol. The van der Waals surface area contributed by atoms with Crippen molar-refractivity contribution in [2.45, 2.75) is 12.3 Å². The van der Waals surface area contributed by atoms with E-state index < -0.39 is 0 Å². The van der Waals surface area contributed by atoms with Gasteiger partial charge in [0.15, 0.2) is 11.5 Å². The lowest BCUT2D eigenvalue weighted by Gasteiger charge is -2.10. The van der Waals surface area contributed by atoms with Crippen LogP contribution in [0.2, 0.25) is 0 Å². The third-order valence-electron chi connectivity index (χ3n) is 2.73. The first kappa shape index (κ1) is 9.34. The van der Waals surface area contributed by atoms with Gasteiger partial charge >= 0.3 is 0 Å². The van der Waals surface area contributed by atoms with E-state index >= 15 is 0 Å². The Bertz CT molecular complexity index is 319. The van der Waals surface area contributed by atoms with Gasteiger partial charge in [-0.2, -0.15) is 0 Å². The first-order valence-corrected chi connectivity index (χ1v) is 4.89. The lowest BCUT2D eigenvalue weighted by Crippen LogP contribution is -2.07. The third kappa shape index (κ3) is 1.68. The summed E-state index contributed by atoms with van der Waals surface area (Å²) < 4.78 is 5.00. The molecule has 1 aliphatic heterocycles. The summed E-state index contributed by atoms with van der Waals surface area (Å²) >= 11 is 0. The normalized spacial score (nSPS) is 21.1. The van der Waals surface area contributed by atoms with E-state index in [0.717, 1.165) is 19.5 Å². The summed E-state index contributed by atoms with van der Waals surface area (Å²) in [5.41, 5.74) is 1.19. The van der Waals surface area contributed by atoms with E-state index in [2.05, 4.69) is 5.32 Å². The van der Waals surface area contributed by atoms with Crippen LogP contribution in [0, 0.1) is 0 Å². The van der Waals surface area contributed by atoms with Crippen molar-refractivity contribution in [1.82, 2.24) is 5.32 Å². The third-order valence-corrected chi connectivity index (χ3v) is 2.73. The summed E-state index contributed by atoms with van der Waals surface area (Å²) in [6.45, 7) is 2.07. The summed E-state index contributed by atoms with van der Waals surface area (Å²) in [6.07, 6.45) is 1.14. The van der Waals surface area contributed by atoms with Crippen molar-refractivity contribution in [3.05, 3.63) is 23.8 Å². The minimum Gasteiger partial charge on any atom is -0.504 e.